The van der Waals surface area contributed by atoms with Crippen molar-refractivity contribution in [2.45, 2.75) is 12.2 Å². The first-order valence-corrected chi connectivity index (χ1v) is 10.1. The third kappa shape index (κ3) is 2.66. The van der Waals surface area contributed by atoms with E-state index in [1.165, 1.54) is 12.1 Å². The molecule has 0 N–H and O–H groups in total. The van der Waals surface area contributed by atoms with Crippen molar-refractivity contribution in [3.05, 3.63) is 119 Å². The molecular formula is C26H17F3N2. The van der Waals surface area contributed by atoms with E-state index >= 15 is 0 Å². The van der Waals surface area contributed by atoms with Crippen LogP contribution in [0.2, 0.25) is 0 Å². The lowest BCUT2D eigenvalue weighted by molar-refractivity contribution is -0.137. The third-order valence-electron chi connectivity index (χ3n) is 6.05. The maximum Gasteiger partial charge on any atom is 0.416 e. The van der Waals surface area contributed by atoms with Gasteiger partial charge in [0.25, 0.3) is 0 Å². The van der Waals surface area contributed by atoms with Gasteiger partial charge in [0.2, 0.25) is 0 Å². The Morgan fingerprint density at radius 1 is 0.742 bits per heavy atom. The van der Waals surface area contributed by atoms with E-state index in [9.17, 15) is 13.2 Å². The van der Waals surface area contributed by atoms with Gasteiger partial charge >= 0.3 is 6.18 Å². The van der Waals surface area contributed by atoms with Gasteiger partial charge in [-0.2, -0.15) is 13.2 Å². The number of aromatic nitrogens is 1. The molecule has 0 bridgehead atoms. The number of nitrogens with zero attached hydrogens (tertiary/aromatic N) is 2. The van der Waals surface area contributed by atoms with E-state index in [1.54, 1.807) is 6.07 Å². The fourth-order valence-electron chi connectivity index (χ4n) is 4.71. The fourth-order valence-corrected chi connectivity index (χ4v) is 4.71. The van der Waals surface area contributed by atoms with Crippen molar-refractivity contribution in [2.24, 2.45) is 0 Å². The number of para-hydroxylation sites is 2. The Balaban J connectivity index is 1.68. The van der Waals surface area contributed by atoms with Gasteiger partial charge in [-0.1, -0.05) is 48.5 Å². The topological polar surface area (TPSA) is 8.17 Å². The Morgan fingerprint density at radius 3 is 2.26 bits per heavy atom. The lowest BCUT2D eigenvalue weighted by Gasteiger charge is -2.44. The standard InChI is InChI=1S/C26H17F3N2/c27-26(28,29)19-13-12-18-15-24(17-7-2-1-3-8-17)31-22-10-5-4-9-21(22)30-14-6-11-23(30)25(31)20(18)16-19/h1-16,25H. The van der Waals surface area contributed by atoms with Crippen LogP contribution < -0.4 is 4.90 Å². The quantitative estimate of drug-likeness (QED) is 0.328. The molecule has 2 aliphatic rings. The molecule has 1 aromatic heterocycles. The van der Waals surface area contributed by atoms with E-state index in [4.69, 9.17) is 0 Å². The third-order valence-corrected chi connectivity index (χ3v) is 6.05. The van der Waals surface area contributed by atoms with Crippen LogP contribution in [-0.2, 0) is 6.18 Å². The Kier molecular flexibility index (Phi) is 3.72. The van der Waals surface area contributed by atoms with Crippen LogP contribution in [0.5, 0.6) is 0 Å². The minimum atomic E-state index is -4.39. The van der Waals surface area contributed by atoms with Crippen LogP contribution in [0.3, 0.4) is 0 Å². The van der Waals surface area contributed by atoms with Gasteiger partial charge in [0.05, 0.1) is 28.3 Å². The van der Waals surface area contributed by atoms with Gasteiger partial charge in [-0.15, -0.1) is 0 Å². The van der Waals surface area contributed by atoms with E-state index in [0.717, 1.165) is 33.9 Å². The van der Waals surface area contributed by atoms with Crippen molar-refractivity contribution in [2.75, 3.05) is 4.90 Å². The molecule has 0 aliphatic carbocycles. The van der Waals surface area contributed by atoms with Crippen LogP contribution in [0.1, 0.15) is 34.0 Å². The molecule has 0 fully saturated rings. The van der Waals surface area contributed by atoms with E-state index in [2.05, 4.69) is 9.47 Å². The molecule has 0 amide bonds. The number of hydrogen-bond acceptors (Lipinski definition) is 1. The lowest BCUT2D eigenvalue weighted by atomic mass is 9.86. The Morgan fingerprint density at radius 2 is 1.48 bits per heavy atom. The SMILES string of the molecule is FC(F)(F)c1ccc2c(c1)C1c3cccn3-c3ccccc3N1C(c1ccccc1)=C2. The molecule has 3 heterocycles. The van der Waals surface area contributed by atoms with Crippen LogP contribution in [0.25, 0.3) is 17.5 Å². The summed E-state index contributed by atoms with van der Waals surface area (Å²) in [6, 6.07) is 25.6. The lowest BCUT2D eigenvalue weighted by Crippen LogP contribution is -2.36. The van der Waals surface area contributed by atoms with Crippen molar-refractivity contribution in [1.29, 1.82) is 0 Å². The zero-order valence-corrected chi connectivity index (χ0v) is 16.3. The molecule has 3 aromatic carbocycles. The maximum atomic E-state index is 13.6. The van der Waals surface area contributed by atoms with E-state index in [-0.39, 0.29) is 6.04 Å². The highest BCUT2D eigenvalue weighted by Gasteiger charge is 2.40. The molecule has 4 aromatic rings. The minimum Gasteiger partial charge on any atom is -0.326 e. The highest BCUT2D eigenvalue weighted by atomic mass is 19.4. The summed E-state index contributed by atoms with van der Waals surface area (Å²) in [5, 5.41) is 0. The normalized spacial score (nSPS) is 16.7. The van der Waals surface area contributed by atoms with E-state index in [0.29, 0.717) is 5.56 Å². The molecule has 2 aliphatic heterocycles. The average molecular weight is 414 g/mol. The zero-order valence-electron chi connectivity index (χ0n) is 16.3. The summed E-state index contributed by atoms with van der Waals surface area (Å²) in [5.74, 6) is 0. The zero-order chi connectivity index (χ0) is 21.2. The molecule has 152 valence electrons. The van der Waals surface area contributed by atoms with Crippen molar-refractivity contribution >= 4 is 17.5 Å². The maximum absolute atomic E-state index is 13.6. The molecule has 31 heavy (non-hydrogen) atoms. The summed E-state index contributed by atoms with van der Waals surface area (Å²) >= 11 is 0. The van der Waals surface area contributed by atoms with Gasteiger partial charge in [0, 0.05) is 6.20 Å². The molecule has 1 unspecified atom stereocenters. The number of anilines is 1. The molecule has 0 radical (unpaired) electrons. The van der Waals surface area contributed by atoms with Crippen molar-refractivity contribution < 1.29 is 13.2 Å². The van der Waals surface area contributed by atoms with Crippen LogP contribution in [0, 0.1) is 0 Å². The summed E-state index contributed by atoms with van der Waals surface area (Å²) < 4.78 is 42.8. The van der Waals surface area contributed by atoms with Gasteiger partial charge < -0.3 is 9.47 Å². The first kappa shape index (κ1) is 18.1. The Bertz CT molecular complexity index is 1330. The van der Waals surface area contributed by atoms with Crippen LogP contribution in [0.4, 0.5) is 18.9 Å². The summed E-state index contributed by atoms with van der Waals surface area (Å²) in [7, 11) is 0. The Labute approximate surface area is 177 Å². The van der Waals surface area contributed by atoms with Gasteiger partial charge in [-0.05, 0) is 59.2 Å². The largest absolute Gasteiger partial charge is 0.416 e. The van der Waals surface area contributed by atoms with Crippen molar-refractivity contribution in [3.8, 4) is 5.69 Å². The predicted molar refractivity (Wildman–Crippen MR) is 116 cm³/mol. The number of alkyl halides is 3. The number of fused-ring (bicyclic) bond motifs is 8. The van der Waals surface area contributed by atoms with Gasteiger partial charge in [-0.25, -0.2) is 0 Å². The minimum absolute atomic E-state index is 0.359. The average Bonchev–Trinajstić information content (AvgIpc) is 3.28. The van der Waals surface area contributed by atoms with Gasteiger partial charge in [0.1, 0.15) is 6.04 Å². The predicted octanol–water partition coefficient (Wildman–Crippen LogP) is 6.92. The first-order chi connectivity index (χ1) is 15.0. The molecule has 2 nitrogen and oxygen atoms in total. The second-order valence-corrected chi connectivity index (χ2v) is 7.80. The molecule has 0 saturated carbocycles. The first-order valence-electron chi connectivity index (χ1n) is 10.1. The number of halogens is 3. The van der Waals surface area contributed by atoms with Crippen LogP contribution >= 0.6 is 0 Å². The highest BCUT2D eigenvalue weighted by molar-refractivity contribution is 5.97. The fraction of sp³-hybridized carbons (Fsp3) is 0.0769. The summed E-state index contributed by atoms with van der Waals surface area (Å²) in [6.45, 7) is 0. The van der Waals surface area contributed by atoms with E-state index in [1.807, 2.05) is 79.0 Å². The number of rotatable bonds is 1. The second kappa shape index (κ2) is 6.38. The molecule has 0 saturated heterocycles. The van der Waals surface area contributed by atoms with Crippen molar-refractivity contribution in [1.82, 2.24) is 4.57 Å². The smallest absolute Gasteiger partial charge is 0.326 e. The molecule has 1 atom stereocenters. The van der Waals surface area contributed by atoms with E-state index < -0.39 is 11.7 Å². The molecule has 5 heteroatoms. The molecule has 0 spiro atoms. The van der Waals surface area contributed by atoms with Gasteiger partial charge in [0.15, 0.2) is 0 Å². The summed E-state index contributed by atoms with van der Waals surface area (Å²) in [4.78, 5) is 2.17. The summed E-state index contributed by atoms with van der Waals surface area (Å²) in [6.07, 6.45) is -0.423. The van der Waals surface area contributed by atoms with Gasteiger partial charge in [-0.3, -0.25) is 0 Å². The second-order valence-electron chi connectivity index (χ2n) is 7.80. The van der Waals surface area contributed by atoms with Crippen molar-refractivity contribution in [3.63, 3.8) is 0 Å². The van der Waals surface area contributed by atoms with Crippen LogP contribution in [0.15, 0.2) is 91.1 Å². The highest BCUT2D eigenvalue weighted by Crippen LogP contribution is 2.50. The monoisotopic (exact) mass is 414 g/mol. The Hall–Kier alpha value is -3.73. The molecular weight excluding hydrogens is 397 g/mol. The van der Waals surface area contributed by atoms with Crippen LogP contribution in [-0.4, -0.2) is 4.57 Å². The number of hydrogen-bond donors (Lipinski definition) is 0. The molecule has 6 rings (SSSR count). The summed E-state index contributed by atoms with van der Waals surface area (Å²) in [5.41, 5.74) is 5.75. The number of benzene rings is 3.